The highest BCUT2D eigenvalue weighted by atomic mass is 32.2. The van der Waals surface area contributed by atoms with Crippen LogP contribution in [-0.4, -0.2) is 16.5 Å². The van der Waals surface area contributed by atoms with Crippen molar-refractivity contribution < 1.29 is 4.74 Å². The van der Waals surface area contributed by atoms with Crippen molar-refractivity contribution in [2.24, 2.45) is 0 Å². The van der Waals surface area contributed by atoms with E-state index in [2.05, 4.69) is 52.8 Å². The number of hydrogen-bond acceptors (Lipinski definition) is 4. The van der Waals surface area contributed by atoms with Gasteiger partial charge in [0.05, 0.1) is 4.58 Å². The van der Waals surface area contributed by atoms with Crippen LogP contribution in [0.2, 0.25) is 0 Å². The first kappa shape index (κ1) is 14.5. The lowest BCUT2D eigenvalue weighted by Crippen LogP contribution is -2.15. The molecular weight excluding hydrogens is 310 g/mol. The molecule has 0 amide bonds. The molecule has 1 aromatic carbocycles. The highest BCUT2D eigenvalue weighted by Gasteiger charge is 2.23. The minimum Gasteiger partial charge on any atom is -0.485 e. The van der Waals surface area contributed by atoms with Gasteiger partial charge in [0.15, 0.2) is 0 Å². The molecule has 0 radical (unpaired) electrons. The van der Waals surface area contributed by atoms with E-state index in [-0.39, 0.29) is 6.10 Å². The van der Waals surface area contributed by atoms with Crippen molar-refractivity contribution in [2.45, 2.75) is 29.9 Å². The quantitative estimate of drug-likeness (QED) is 0.771. The Balaban J connectivity index is 1.54. The standard InChI is InChI=1S/C18H19NOS2/c1-3-15(12-19-8-1)17-6-4-13-11-14(5-7-16(13)20-17)18-21-9-2-10-22-18/h1,3,5,7-8,11-12,17-18H,2,4,6,9-10H2. The number of aryl methyl sites for hydroxylation is 1. The molecule has 2 aliphatic heterocycles. The summed E-state index contributed by atoms with van der Waals surface area (Å²) in [7, 11) is 0. The number of thioether (sulfide) groups is 2. The van der Waals surface area contributed by atoms with Gasteiger partial charge < -0.3 is 4.74 Å². The molecule has 4 rings (SSSR count). The Bertz CT molecular complexity index is 641. The summed E-state index contributed by atoms with van der Waals surface area (Å²) in [6, 6.07) is 10.9. The second kappa shape index (κ2) is 6.55. The Labute approximate surface area is 140 Å². The van der Waals surface area contributed by atoms with Crippen LogP contribution in [0, 0.1) is 0 Å². The second-order valence-electron chi connectivity index (χ2n) is 5.73. The number of nitrogens with zero attached hydrogens (tertiary/aromatic N) is 1. The third-order valence-corrected chi connectivity index (χ3v) is 7.20. The highest BCUT2D eigenvalue weighted by molar-refractivity contribution is 8.16. The molecule has 1 saturated heterocycles. The van der Waals surface area contributed by atoms with Crippen molar-refractivity contribution in [2.75, 3.05) is 11.5 Å². The minimum atomic E-state index is 0.144. The fraction of sp³-hybridized carbons (Fsp3) is 0.389. The van der Waals surface area contributed by atoms with Gasteiger partial charge in [-0.15, -0.1) is 23.5 Å². The second-order valence-corrected chi connectivity index (χ2v) is 8.45. The van der Waals surface area contributed by atoms with E-state index >= 15 is 0 Å². The van der Waals surface area contributed by atoms with Crippen molar-refractivity contribution >= 4 is 23.5 Å². The monoisotopic (exact) mass is 329 g/mol. The normalized spacial score (nSPS) is 21.9. The van der Waals surface area contributed by atoms with E-state index in [0.29, 0.717) is 4.58 Å². The molecule has 1 unspecified atom stereocenters. The lowest BCUT2D eigenvalue weighted by molar-refractivity contribution is 0.176. The first-order valence-corrected chi connectivity index (χ1v) is 9.92. The minimum absolute atomic E-state index is 0.144. The first-order valence-electron chi connectivity index (χ1n) is 7.83. The summed E-state index contributed by atoms with van der Waals surface area (Å²) in [5.41, 5.74) is 4.00. The van der Waals surface area contributed by atoms with Crippen LogP contribution in [0.4, 0.5) is 0 Å². The van der Waals surface area contributed by atoms with Gasteiger partial charge in [0.25, 0.3) is 0 Å². The molecule has 1 atom stereocenters. The van der Waals surface area contributed by atoms with Gasteiger partial charge in [-0.25, -0.2) is 0 Å². The summed E-state index contributed by atoms with van der Waals surface area (Å²) >= 11 is 4.16. The molecule has 114 valence electrons. The predicted octanol–water partition coefficient (Wildman–Crippen LogP) is 5.02. The van der Waals surface area contributed by atoms with Gasteiger partial charge in [0.2, 0.25) is 0 Å². The predicted molar refractivity (Wildman–Crippen MR) is 94.6 cm³/mol. The van der Waals surface area contributed by atoms with E-state index < -0.39 is 0 Å². The molecule has 0 bridgehead atoms. The molecule has 22 heavy (non-hydrogen) atoms. The fourth-order valence-electron chi connectivity index (χ4n) is 3.04. The Morgan fingerprint density at radius 2 is 2.00 bits per heavy atom. The molecule has 0 spiro atoms. The molecule has 4 heteroatoms. The number of pyridine rings is 1. The average molecular weight is 329 g/mol. The Kier molecular flexibility index (Phi) is 4.30. The molecule has 2 aliphatic rings. The van der Waals surface area contributed by atoms with Gasteiger partial charge in [0.1, 0.15) is 11.9 Å². The zero-order valence-corrected chi connectivity index (χ0v) is 14.0. The molecule has 2 nitrogen and oxygen atoms in total. The van der Waals surface area contributed by atoms with Gasteiger partial charge in [-0.2, -0.15) is 0 Å². The van der Waals surface area contributed by atoms with Gasteiger partial charge >= 0.3 is 0 Å². The van der Waals surface area contributed by atoms with Crippen molar-refractivity contribution in [3.63, 3.8) is 0 Å². The van der Waals surface area contributed by atoms with Crippen LogP contribution in [0.15, 0.2) is 42.7 Å². The highest BCUT2D eigenvalue weighted by Crippen LogP contribution is 2.45. The Hall–Kier alpha value is -1.13. The molecule has 0 saturated carbocycles. The van der Waals surface area contributed by atoms with Crippen LogP contribution >= 0.6 is 23.5 Å². The maximum Gasteiger partial charge on any atom is 0.126 e. The Morgan fingerprint density at radius 3 is 2.82 bits per heavy atom. The van der Waals surface area contributed by atoms with Crippen molar-refractivity contribution in [3.8, 4) is 5.75 Å². The summed E-state index contributed by atoms with van der Waals surface area (Å²) in [5, 5.41) is 0. The van der Waals surface area contributed by atoms with Crippen LogP contribution in [0.1, 0.15) is 40.2 Å². The smallest absolute Gasteiger partial charge is 0.126 e. The Morgan fingerprint density at radius 1 is 1.09 bits per heavy atom. The average Bonchev–Trinajstić information content (AvgIpc) is 2.62. The molecule has 3 heterocycles. The van der Waals surface area contributed by atoms with Crippen LogP contribution in [-0.2, 0) is 6.42 Å². The third-order valence-electron chi connectivity index (χ3n) is 4.19. The zero-order valence-electron chi connectivity index (χ0n) is 12.4. The fourth-order valence-corrected chi connectivity index (χ4v) is 5.91. The van der Waals surface area contributed by atoms with Crippen molar-refractivity contribution in [1.82, 2.24) is 4.98 Å². The maximum absolute atomic E-state index is 6.21. The lowest BCUT2D eigenvalue weighted by atomic mass is 9.97. The lowest BCUT2D eigenvalue weighted by Gasteiger charge is -2.28. The number of benzene rings is 1. The zero-order chi connectivity index (χ0) is 14.8. The summed E-state index contributed by atoms with van der Waals surface area (Å²) in [5.74, 6) is 3.62. The van der Waals surface area contributed by atoms with E-state index in [1.54, 1.807) is 0 Å². The van der Waals surface area contributed by atoms with Gasteiger partial charge in [-0.3, -0.25) is 4.98 Å². The summed E-state index contributed by atoms with van der Waals surface area (Å²) < 4.78 is 6.81. The largest absolute Gasteiger partial charge is 0.485 e. The molecule has 1 aromatic heterocycles. The van der Waals surface area contributed by atoms with Gasteiger partial charge in [-0.1, -0.05) is 18.2 Å². The molecule has 0 N–H and O–H groups in total. The van der Waals surface area contributed by atoms with E-state index in [1.807, 2.05) is 18.5 Å². The third kappa shape index (κ3) is 2.99. The van der Waals surface area contributed by atoms with E-state index in [4.69, 9.17) is 4.74 Å². The SMILES string of the molecule is c1cncc(C2CCc3cc(C4SCCCS4)ccc3O2)c1. The molecule has 2 aromatic rings. The number of hydrogen-bond donors (Lipinski definition) is 0. The molecule has 0 aliphatic carbocycles. The van der Waals surface area contributed by atoms with E-state index in [9.17, 15) is 0 Å². The number of ether oxygens (including phenoxy) is 1. The summed E-state index contributed by atoms with van der Waals surface area (Å²) in [6.07, 6.45) is 7.33. The van der Waals surface area contributed by atoms with Crippen LogP contribution < -0.4 is 4.74 Å². The number of fused-ring (bicyclic) bond motifs is 1. The van der Waals surface area contributed by atoms with Crippen molar-refractivity contribution in [1.29, 1.82) is 0 Å². The number of rotatable bonds is 2. The number of aromatic nitrogens is 1. The van der Waals surface area contributed by atoms with Crippen molar-refractivity contribution in [3.05, 3.63) is 59.4 Å². The van der Waals surface area contributed by atoms with E-state index in [0.717, 1.165) is 18.6 Å². The topological polar surface area (TPSA) is 22.1 Å². The van der Waals surface area contributed by atoms with Crippen LogP contribution in [0.25, 0.3) is 0 Å². The van der Waals surface area contributed by atoms with E-state index in [1.165, 1.54) is 34.6 Å². The first-order chi connectivity index (χ1) is 10.9. The van der Waals surface area contributed by atoms with Gasteiger partial charge in [0, 0.05) is 18.0 Å². The summed E-state index contributed by atoms with van der Waals surface area (Å²) in [4.78, 5) is 4.21. The van der Waals surface area contributed by atoms with Crippen LogP contribution in [0.5, 0.6) is 5.75 Å². The molecular formula is C18H19NOS2. The van der Waals surface area contributed by atoms with Crippen LogP contribution in [0.3, 0.4) is 0 Å². The summed E-state index contributed by atoms with van der Waals surface area (Å²) in [6.45, 7) is 0. The maximum atomic E-state index is 6.21. The van der Waals surface area contributed by atoms with Gasteiger partial charge in [-0.05, 0) is 54.0 Å². The molecule has 1 fully saturated rings.